The maximum absolute atomic E-state index is 12.5. The summed E-state index contributed by atoms with van der Waals surface area (Å²) in [5.74, 6) is 0.293. The highest BCUT2D eigenvalue weighted by Crippen LogP contribution is 2.28. The van der Waals surface area contributed by atoms with Gasteiger partial charge in [0.1, 0.15) is 10.6 Å². The minimum atomic E-state index is -3.98. The van der Waals surface area contributed by atoms with Gasteiger partial charge in [0.25, 0.3) is 5.69 Å². The maximum atomic E-state index is 12.5. The van der Waals surface area contributed by atoms with Crippen molar-refractivity contribution in [3.8, 4) is 5.75 Å². The van der Waals surface area contributed by atoms with E-state index in [1.807, 2.05) is 13.8 Å². The van der Waals surface area contributed by atoms with Gasteiger partial charge in [-0.05, 0) is 18.4 Å². The van der Waals surface area contributed by atoms with E-state index >= 15 is 0 Å². The molecule has 0 fully saturated rings. The molecule has 0 saturated heterocycles. The summed E-state index contributed by atoms with van der Waals surface area (Å²) in [6.45, 7) is 4.03. The molecule has 124 valence electrons. The van der Waals surface area contributed by atoms with E-state index < -0.39 is 21.0 Å². The number of benzene rings is 1. The standard InChI is InChI=1S/C13H21N3O5S/c1-9(2)6-10(8-14)15-22(19,20)13-7-11(16(17)18)4-5-12(13)21-3/h4-5,7,9-10,15H,6,8,14H2,1-3H3. The lowest BCUT2D eigenvalue weighted by Crippen LogP contribution is -2.41. The highest BCUT2D eigenvalue weighted by atomic mass is 32.2. The molecule has 1 atom stereocenters. The fourth-order valence-electron chi connectivity index (χ4n) is 2.03. The van der Waals surface area contributed by atoms with Gasteiger partial charge >= 0.3 is 0 Å². The molecule has 0 bridgehead atoms. The van der Waals surface area contributed by atoms with Gasteiger partial charge in [0.2, 0.25) is 10.0 Å². The molecular formula is C13H21N3O5S. The Morgan fingerprint density at radius 3 is 2.50 bits per heavy atom. The van der Waals surface area contributed by atoms with Gasteiger partial charge in [-0.3, -0.25) is 10.1 Å². The van der Waals surface area contributed by atoms with Crippen molar-refractivity contribution >= 4 is 15.7 Å². The van der Waals surface area contributed by atoms with Crippen molar-refractivity contribution < 1.29 is 18.1 Å². The molecule has 0 saturated carbocycles. The highest BCUT2D eigenvalue weighted by Gasteiger charge is 2.26. The number of nitro groups is 1. The summed E-state index contributed by atoms with van der Waals surface area (Å²) in [7, 11) is -2.68. The molecule has 8 nitrogen and oxygen atoms in total. The van der Waals surface area contributed by atoms with E-state index in [-0.39, 0.29) is 28.8 Å². The summed E-state index contributed by atoms with van der Waals surface area (Å²) in [6.07, 6.45) is 0.562. The Morgan fingerprint density at radius 2 is 2.05 bits per heavy atom. The van der Waals surface area contributed by atoms with Gasteiger partial charge in [0.15, 0.2) is 0 Å². The van der Waals surface area contributed by atoms with Crippen LogP contribution in [0.2, 0.25) is 0 Å². The Bertz CT molecular complexity index is 631. The first-order valence-electron chi connectivity index (χ1n) is 6.76. The van der Waals surface area contributed by atoms with Crippen LogP contribution < -0.4 is 15.2 Å². The lowest BCUT2D eigenvalue weighted by atomic mass is 10.1. The van der Waals surface area contributed by atoms with E-state index in [9.17, 15) is 18.5 Å². The number of nitrogens with one attached hydrogen (secondary N) is 1. The molecule has 1 rings (SSSR count). The number of nitrogens with zero attached hydrogens (tertiary/aromatic N) is 1. The predicted octanol–water partition coefficient (Wildman–Crippen LogP) is 1.26. The van der Waals surface area contributed by atoms with Gasteiger partial charge in [-0.2, -0.15) is 0 Å². The first-order chi connectivity index (χ1) is 10.2. The van der Waals surface area contributed by atoms with Gasteiger partial charge in [0.05, 0.1) is 12.0 Å². The Labute approximate surface area is 129 Å². The van der Waals surface area contributed by atoms with Crippen LogP contribution in [0, 0.1) is 16.0 Å². The molecule has 1 unspecified atom stereocenters. The van der Waals surface area contributed by atoms with Crippen molar-refractivity contribution in [3.63, 3.8) is 0 Å². The van der Waals surface area contributed by atoms with Crippen LogP contribution >= 0.6 is 0 Å². The molecule has 0 spiro atoms. The van der Waals surface area contributed by atoms with Crippen LogP contribution in [0.25, 0.3) is 0 Å². The van der Waals surface area contributed by atoms with Crippen LogP contribution in [0.1, 0.15) is 20.3 Å². The molecule has 0 aliphatic heterocycles. The summed E-state index contributed by atoms with van der Waals surface area (Å²) >= 11 is 0. The fraction of sp³-hybridized carbons (Fsp3) is 0.538. The minimum absolute atomic E-state index is 0.0402. The molecule has 1 aromatic rings. The molecule has 3 N–H and O–H groups in total. The number of sulfonamides is 1. The second kappa shape index (κ2) is 7.52. The second-order valence-electron chi connectivity index (χ2n) is 5.28. The quantitative estimate of drug-likeness (QED) is 0.545. The molecule has 0 amide bonds. The van der Waals surface area contributed by atoms with Gasteiger partial charge in [-0.25, -0.2) is 13.1 Å². The van der Waals surface area contributed by atoms with Gasteiger partial charge in [-0.1, -0.05) is 13.8 Å². The Kier molecular flexibility index (Phi) is 6.27. The third-order valence-electron chi connectivity index (χ3n) is 3.01. The summed E-state index contributed by atoms with van der Waals surface area (Å²) in [6, 6.07) is 2.97. The number of non-ortho nitro benzene ring substituents is 1. The van der Waals surface area contributed by atoms with Crippen LogP contribution in [0.15, 0.2) is 23.1 Å². The van der Waals surface area contributed by atoms with E-state index in [1.165, 1.54) is 19.2 Å². The third kappa shape index (κ3) is 4.65. The highest BCUT2D eigenvalue weighted by molar-refractivity contribution is 7.89. The average Bonchev–Trinajstić information content (AvgIpc) is 2.44. The first kappa shape index (κ1) is 18.3. The first-order valence-corrected chi connectivity index (χ1v) is 8.24. The summed E-state index contributed by atoms with van der Waals surface area (Å²) in [5.41, 5.74) is 5.26. The normalized spacial score (nSPS) is 13.1. The van der Waals surface area contributed by atoms with Gasteiger partial charge in [-0.15, -0.1) is 0 Å². The smallest absolute Gasteiger partial charge is 0.271 e. The average molecular weight is 331 g/mol. The minimum Gasteiger partial charge on any atom is -0.495 e. The number of methoxy groups -OCH3 is 1. The van der Waals surface area contributed by atoms with E-state index in [4.69, 9.17) is 10.5 Å². The van der Waals surface area contributed by atoms with Crippen molar-refractivity contribution in [3.05, 3.63) is 28.3 Å². The van der Waals surface area contributed by atoms with E-state index in [1.54, 1.807) is 0 Å². The van der Waals surface area contributed by atoms with Crippen LogP contribution in [0.5, 0.6) is 5.75 Å². The summed E-state index contributed by atoms with van der Waals surface area (Å²) < 4.78 is 32.4. The predicted molar refractivity (Wildman–Crippen MR) is 82.3 cm³/mol. The lowest BCUT2D eigenvalue weighted by molar-refractivity contribution is -0.385. The van der Waals surface area contributed by atoms with Crippen molar-refractivity contribution in [2.45, 2.75) is 31.2 Å². The number of nitro benzene ring substituents is 1. The molecule has 9 heteroatoms. The monoisotopic (exact) mass is 331 g/mol. The number of rotatable bonds is 8. The Morgan fingerprint density at radius 1 is 1.41 bits per heavy atom. The zero-order valence-corrected chi connectivity index (χ0v) is 13.6. The zero-order chi connectivity index (χ0) is 16.9. The van der Waals surface area contributed by atoms with E-state index in [0.29, 0.717) is 6.42 Å². The van der Waals surface area contributed by atoms with Crippen LogP contribution in [-0.4, -0.2) is 33.0 Å². The largest absolute Gasteiger partial charge is 0.495 e. The summed E-state index contributed by atoms with van der Waals surface area (Å²) in [5, 5.41) is 10.8. The topological polar surface area (TPSA) is 125 Å². The van der Waals surface area contributed by atoms with Crippen LogP contribution in [0.3, 0.4) is 0 Å². The lowest BCUT2D eigenvalue weighted by Gasteiger charge is -2.19. The van der Waals surface area contributed by atoms with Gasteiger partial charge in [0, 0.05) is 24.7 Å². The Balaban J connectivity index is 3.20. The van der Waals surface area contributed by atoms with Crippen LogP contribution in [-0.2, 0) is 10.0 Å². The van der Waals surface area contributed by atoms with E-state index in [2.05, 4.69) is 4.72 Å². The molecule has 1 aromatic carbocycles. The number of hydrogen-bond donors (Lipinski definition) is 2. The third-order valence-corrected chi connectivity index (χ3v) is 4.55. The molecule has 0 aromatic heterocycles. The van der Waals surface area contributed by atoms with Crippen molar-refractivity contribution in [1.29, 1.82) is 0 Å². The number of nitrogens with two attached hydrogens (primary N) is 1. The zero-order valence-electron chi connectivity index (χ0n) is 12.8. The fourth-order valence-corrected chi connectivity index (χ4v) is 3.48. The van der Waals surface area contributed by atoms with Crippen LogP contribution in [0.4, 0.5) is 5.69 Å². The second-order valence-corrected chi connectivity index (χ2v) is 6.96. The molecule has 22 heavy (non-hydrogen) atoms. The molecule has 0 aliphatic carbocycles. The Hall–Kier alpha value is -1.71. The molecule has 0 aliphatic rings. The molecular weight excluding hydrogens is 310 g/mol. The maximum Gasteiger partial charge on any atom is 0.271 e. The summed E-state index contributed by atoms with van der Waals surface area (Å²) in [4.78, 5) is 9.90. The van der Waals surface area contributed by atoms with Crippen molar-refractivity contribution in [2.24, 2.45) is 11.7 Å². The SMILES string of the molecule is COc1ccc([N+](=O)[O-])cc1S(=O)(=O)NC(CN)CC(C)C. The number of hydrogen-bond acceptors (Lipinski definition) is 6. The molecule has 0 radical (unpaired) electrons. The molecule has 0 heterocycles. The number of ether oxygens (including phenoxy) is 1. The van der Waals surface area contributed by atoms with Crippen molar-refractivity contribution in [1.82, 2.24) is 4.72 Å². The van der Waals surface area contributed by atoms with Gasteiger partial charge < -0.3 is 10.5 Å². The van der Waals surface area contributed by atoms with Crippen molar-refractivity contribution in [2.75, 3.05) is 13.7 Å². The van der Waals surface area contributed by atoms with E-state index in [0.717, 1.165) is 6.07 Å².